The van der Waals surface area contributed by atoms with Crippen LogP contribution in [0.1, 0.15) is 24.7 Å². The number of methoxy groups -OCH3 is 1. The molecule has 2 amide bonds. The Morgan fingerprint density at radius 3 is 2.48 bits per heavy atom. The molecule has 0 saturated carbocycles. The molecular weight excluding hydrogens is 449 g/mol. The number of halogens is 1. The minimum atomic E-state index is -0.331. The van der Waals surface area contributed by atoms with Crippen molar-refractivity contribution in [1.29, 1.82) is 0 Å². The summed E-state index contributed by atoms with van der Waals surface area (Å²) < 4.78 is 27.8. The normalized spacial score (nSPS) is 13.8. The minimum absolute atomic E-state index is 0.0389. The SMILES string of the molecule is CCOC(=O)N1CCN(C(=O)CCN(CCOC)c2nc(Cc3ccc(F)cc3)ns2)CC1. The predicted molar refractivity (Wildman–Crippen MR) is 123 cm³/mol. The summed E-state index contributed by atoms with van der Waals surface area (Å²) in [6.07, 6.45) is 0.511. The number of benzene rings is 1. The smallest absolute Gasteiger partial charge is 0.409 e. The third kappa shape index (κ3) is 7.36. The fraction of sp³-hybridized carbons (Fsp3) is 0.545. The van der Waals surface area contributed by atoms with Crippen molar-refractivity contribution in [2.75, 3.05) is 64.5 Å². The number of carbonyl (C=O) groups excluding carboxylic acids is 2. The summed E-state index contributed by atoms with van der Waals surface area (Å²) in [4.78, 5) is 34.6. The lowest BCUT2D eigenvalue weighted by molar-refractivity contribution is -0.132. The lowest BCUT2D eigenvalue weighted by Crippen LogP contribution is -2.51. The third-order valence-corrected chi connectivity index (χ3v) is 6.14. The molecule has 0 N–H and O–H groups in total. The van der Waals surface area contributed by atoms with E-state index in [1.54, 1.807) is 36.0 Å². The molecular formula is C22H30FN5O4S. The molecule has 1 aromatic carbocycles. The molecule has 1 aliphatic rings. The maximum atomic E-state index is 13.1. The molecule has 0 radical (unpaired) electrons. The maximum absolute atomic E-state index is 13.1. The summed E-state index contributed by atoms with van der Waals surface area (Å²) in [5.74, 6) is 0.422. The van der Waals surface area contributed by atoms with Gasteiger partial charge in [0, 0.05) is 70.8 Å². The van der Waals surface area contributed by atoms with Crippen LogP contribution in [-0.2, 0) is 20.7 Å². The molecule has 1 saturated heterocycles. The van der Waals surface area contributed by atoms with Crippen LogP contribution >= 0.6 is 11.5 Å². The van der Waals surface area contributed by atoms with Gasteiger partial charge in [-0.25, -0.2) is 14.2 Å². The van der Waals surface area contributed by atoms with Crippen LogP contribution in [0.2, 0.25) is 0 Å². The Morgan fingerprint density at radius 2 is 1.82 bits per heavy atom. The summed E-state index contributed by atoms with van der Waals surface area (Å²) in [6.45, 7) is 5.63. The fourth-order valence-corrected chi connectivity index (χ4v) is 4.21. The number of ether oxygens (including phenoxy) is 2. The van der Waals surface area contributed by atoms with E-state index in [9.17, 15) is 14.0 Å². The first-order valence-electron chi connectivity index (χ1n) is 11.0. The molecule has 33 heavy (non-hydrogen) atoms. The Kier molecular flexibility index (Phi) is 9.37. The van der Waals surface area contributed by atoms with Gasteiger partial charge in [-0.3, -0.25) is 4.79 Å². The molecule has 1 aliphatic heterocycles. The summed E-state index contributed by atoms with van der Waals surface area (Å²) >= 11 is 1.28. The highest BCUT2D eigenvalue weighted by Crippen LogP contribution is 2.20. The van der Waals surface area contributed by atoms with Crippen molar-refractivity contribution in [3.8, 4) is 0 Å². The highest BCUT2D eigenvalue weighted by molar-refractivity contribution is 7.09. The molecule has 0 spiro atoms. The van der Waals surface area contributed by atoms with Crippen molar-refractivity contribution in [1.82, 2.24) is 19.2 Å². The average Bonchev–Trinajstić information content (AvgIpc) is 3.29. The Bertz CT molecular complexity index is 902. The van der Waals surface area contributed by atoms with Crippen molar-refractivity contribution in [3.05, 3.63) is 41.5 Å². The molecule has 0 bridgehead atoms. The molecule has 0 aliphatic carbocycles. The zero-order chi connectivity index (χ0) is 23.6. The van der Waals surface area contributed by atoms with E-state index < -0.39 is 0 Å². The van der Waals surface area contributed by atoms with Crippen LogP contribution in [0.25, 0.3) is 0 Å². The maximum Gasteiger partial charge on any atom is 0.409 e. The van der Waals surface area contributed by atoms with Gasteiger partial charge in [0.05, 0.1) is 13.2 Å². The van der Waals surface area contributed by atoms with Crippen LogP contribution in [0, 0.1) is 5.82 Å². The first-order chi connectivity index (χ1) is 16.0. The summed E-state index contributed by atoms with van der Waals surface area (Å²) in [5, 5.41) is 0.726. The Labute approximate surface area is 197 Å². The molecule has 11 heteroatoms. The second kappa shape index (κ2) is 12.4. The van der Waals surface area contributed by atoms with Gasteiger partial charge in [-0.05, 0) is 24.6 Å². The minimum Gasteiger partial charge on any atom is -0.450 e. The van der Waals surface area contributed by atoms with Crippen LogP contribution in [0.4, 0.5) is 14.3 Å². The molecule has 1 fully saturated rings. The van der Waals surface area contributed by atoms with Gasteiger partial charge in [-0.15, -0.1) is 0 Å². The molecule has 0 atom stereocenters. The zero-order valence-electron chi connectivity index (χ0n) is 19.0. The van der Waals surface area contributed by atoms with Gasteiger partial charge in [0.15, 0.2) is 0 Å². The molecule has 3 rings (SSSR count). The van der Waals surface area contributed by atoms with Crippen LogP contribution in [0.3, 0.4) is 0 Å². The van der Waals surface area contributed by atoms with Crippen LogP contribution in [-0.4, -0.2) is 90.7 Å². The molecule has 1 aromatic heterocycles. The zero-order valence-corrected chi connectivity index (χ0v) is 19.9. The standard InChI is InChI=1S/C22H30FN5O4S/c1-3-32-22(30)28-12-10-26(11-13-28)20(29)8-9-27(14-15-31-2)21-24-19(25-33-21)16-17-4-6-18(23)7-5-17/h4-7H,3,8-16H2,1-2H3. The van der Waals surface area contributed by atoms with E-state index in [1.807, 2.05) is 4.90 Å². The van der Waals surface area contributed by atoms with Gasteiger partial charge in [-0.1, -0.05) is 12.1 Å². The average molecular weight is 480 g/mol. The number of carbonyl (C=O) groups is 2. The topological polar surface area (TPSA) is 88.1 Å². The van der Waals surface area contributed by atoms with Crippen LogP contribution < -0.4 is 4.90 Å². The summed E-state index contributed by atoms with van der Waals surface area (Å²) in [7, 11) is 1.63. The molecule has 9 nitrogen and oxygen atoms in total. The van der Waals surface area contributed by atoms with Crippen molar-refractivity contribution < 1.29 is 23.5 Å². The molecule has 0 unspecified atom stereocenters. The van der Waals surface area contributed by atoms with Crippen LogP contribution in [0.15, 0.2) is 24.3 Å². The van der Waals surface area contributed by atoms with Gasteiger partial charge in [0.1, 0.15) is 11.6 Å². The fourth-order valence-electron chi connectivity index (χ4n) is 3.48. The van der Waals surface area contributed by atoms with Gasteiger partial charge in [0.25, 0.3) is 0 Å². The van der Waals surface area contributed by atoms with Crippen molar-refractivity contribution >= 4 is 28.7 Å². The van der Waals surface area contributed by atoms with Crippen molar-refractivity contribution in [2.45, 2.75) is 19.8 Å². The van der Waals surface area contributed by atoms with E-state index in [1.165, 1.54) is 23.7 Å². The second-order valence-corrected chi connectivity index (χ2v) is 8.32. The number of rotatable bonds is 10. The lowest BCUT2D eigenvalue weighted by atomic mass is 10.1. The first kappa shape index (κ1) is 24.8. The number of amides is 2. The highest BCUT2D eigenvalue weighted by atomic mass is 32.1. The lowest BCUT2D eigenvalue weighted by Gasteiger charge is -2.34. The highest BCUT2D eigenvalue weighted by Gasteiger charge is 2.25. The monoisotopic (exact) mass is 479 g/mol. The largest absolute Gasteiger partial charge is 0.450 e. The van der Waals surface area contributed by atoms with Gasteiger partial charge >= 0.3 is 6.09 Å². The summed E-state index contributed by atoms with van der Waals surface area (Å²) in [6, 6.07) is 6.29. The Morgan fingerprint density at radius 1 is 1.12 bits per heavy atom. The molecule has 2 heterocycles. The van der Waals surface area contributed by atoms with Gasteiger partial charge in [0.2, 0.25) is 11.0 Å². The molecule has 2 aromatic rings. The predicted octanol–water partition coefficient (Wildman–Crippen LogP) is 2.41. The van der Waals surface area contributed by atoms with Crippen molar-refractivity contribution in [3.63, 3.8) is 0 Å². The summed E-state index contributed by atoms with van der Waals surface area (Å²) in [5.41, 5.74) is 0.932. The van der Waals surface area contributed by atoms with Crippen LogP contribution in [0.5, 0.6) is 0 Å². The van der Waals surface area contributed by atoms with E-state index in [0.717, 1.165) is 10.7 Å². The number of hydrogen-bond acceptors (Lipinski definition) is 8. The number of hydrogen-bond donors (Lipinski definition) is 0. The van der Waals surface area contributed by atoms with Gasteiger partial charge < -0.3 is 24.2 Å². The number of aromatic nitrogens is 2. The third-order valence-electron chi connectivity index (χ3n) is 5.32. The first-order valence-corrected chi connectivity index (χ1v) is 11.8. The number of piperazine rings is 1. The number of anilines is 1. The van der Waals surface area contributed by atoms with E-state index in [4.69, 9.17) is 9.47 Å². The Balaban J connectivity index is 1.53. The van der Waals surface area contributed by atoms with Crippen molar-refractivity contribution in [2.24, 2.45) is 0 Å². The van der Waals surface area contributed by atoms with Gasteiger partial charge in [-0.2, -0.15) is 4.37 Å². The number of nitrogens with zero attached hydrogens (tertiary/aromatic N) is 5. The van der Waals surface area contributed by atoms with E-state index in [2.05, 4.69) is 9.36 Å². The Hall–Kier alpha value is -2.79. The molecule has 180 valence electrons. The second-order valence-electron chi connectivity index (χ2n) is 7.59. The quantitative estimate of drug-likeness (QED) is 0.517. The van der Waals surface area contributed by atoms with E-state index in [0.29, 0.717) is 71.1 Å². The van der Waals surface area contributed by atoms with E-state index >= 15 is 0 Å². The van der Waals surface area contributed by atoms with E-state index in [-0.39, 0.29) is 17.8 Å².